The van der Waals surface area contributed by atoms with E-state index in [2.05, 4.69) is 4.90 Å². The molecule has 3 nitrogen and oxygen atoms in total. The maximum Gasteiger partial charge on any atom is 0.0445 e. The highest BCUT2D eigenvalue weighted by Gasteiger charge is 2.20. The molecule has 1 heterocycles. The third-order valence-electron chi connectivity index (χ3n) is 3.31. The number of aliphatic hydroxyl groups excluding tert-OH is 2. The van der Waals surface area contributed by atoms with Crippen molar-refractivity contribution in [3.8, 4) is 0 Å². The van der Waals surface area contributed by atoms with E-state index in [1.807, 2.05) is 0 Å². The van der Waals surface area contributed by atoms with Gasteiger partial charge in [0.15, 0.2) is 0 Å². The fourth-order valence-electron chi connectivity index (χ4n) is 2.43. The minimum atomic E-state index is 0.317. The molecule has 1 atom stereocenters. The summed E-state index contributed by atoms with van der Waals surface area (Å²) in [5, 5.41) is 17.7. The Morgan fingerprint density at radius 2 is 1.87 bits per heavy atom. The Kier molecular flexibility index (Phi) is 6.98. The number of rotatable bonds is 7. The Bertz CT molecular complexity index is 151. The highest BCUT2D eigenvalue weighted by atomic mass is 16.3. The molecule has 0 aliphatic carbocycles. The molecule has 1 fully saturated rings. The van der Waals surface area contributed by atoms with Gasteiger partial charge in [0, 0.05) is 19.3 Å². The monoisotopic (exact) mass is 215 g/mol. The third-order valence-corrected chi connectivity index (χ3v) is 3.31. The van der Waals surface area contributed by atoms with Gasteiger partial charge in [-0.1, -0.05) is 6.42 Å². The van der Waals surface area contributed by atoms with E-state index in [4.69, 9.17) is 10.2 Å². The molecule has 0 saturated carbocycles. The van der Waals surface area contributed by atoms with E-state index in [9.17, 15) is 0 Å². The third kappa shape index (κ3) is 4.96. The predicted molar refractivity (Wildman–Crippen MR) is 61.9 cm³/mol. The van der Waals surface area contributed by atoms with E-state index in [-0.39, 0.29) is 0 Å². The molecule has 1 rings (SSSR count). The van der Waals surface area contributed by atoms with Crippen molar-refractivity contribution in [3.63, 3.8) is 0 Å². The van der Waals surface area contributed by atoms with Gasteiger partial charge in [-0.15, -0.1) is 0 Å². The molecule has 90 valence electrons. The van der Waals surface area contributed by atoms with Crippen molar-refractivity contribution in [1.29, 1.82) is 0 Å². The molecule has 1 aliphatic heterocycles. The zero-order valence-electron chi connectivity index (χ0n) is 9.70. The van der Waals surface area contributed by atoms with E-state index in [0.29, 0.717) is 19.3 Å². The second-order valence-electron chi connectivity index (χ2n) is 4.48. The minimum absolute atomic E-state index is 0.317. The van der Waals surface area contributed by atoms with Crippen LogP contribution in [-0.4, -0.2) is 47.5 Å². The van der Waals surface area contributed by atoms with Gasteiger partial charge in [0.25, 0.3) is 0 Å². The molecule has 3 heteroatoms. The fourth-order valence-corrected chi connectivity index (χ4v) is 2.43. The highest BCUT2D eigenvalue weighted by molar-refractivity contribution is 4.76. The lowest BCUT2D eigenvalue weighted by molar-refractivity contribution is 0.116. The predicted octanol–water partition coefficient (Wildman–Crippen LogP) is 1.39. The van der Waals surface area contributed by atoms with E-state index < -0.39 is 0 Å². The van der Waals surface area contributed by atoms with E-state index in [0.717, 1.165) is 25.8 Å². The lowest BCUT2D eigenvalue weighted by Gasteiger charge is -2.35. The van der Waals surface area contributed by atoms with Gasteiger partial charge < -0.3 is 15.1 Å². The van der Waals surface area contributed by atoms with Crippen LogP contribution < -0.4 is 0 Å². The van der Waals surface area contributed by atoms with Gasteiger partial charge in [-0.2, -0.15) is 0 Å². The smallest absolute Gasteiger partial charge is 0.0445 e. The van der Waals surface area contributed by atoms with E-state index in [1.54, 1.807) is 0 Å². The molecule has 0 aromatic rings. The molecule has 0 spiro atoms. The standard InChI is InChI=1S/C12H25NO2/c14-10-5-1-3-8-13-9-4-2-6-12(13)7-11-15/h12,14-15H,1-11H2. The largest absolute Gasteiger partial charge is 0.396 e. The summed E-state index contributed by atoms with van der Waals surface area (Å²) in [6.07, 6.45) is 8.04. The van der Waals surface area contributed by atoms with Crippen molar-refractivity contribution < 1.29 is 10.2 Å². The molecule has 15 heavy (non-hydrogen) atoms. The molecular formula is C12H25NO2. The Labute approximate surface area is 93.1 Å². The summed E-state index contributed by atoms with van der Waals surface area (Å²) in [6.45, 7) is 2.98. The van der Waals surface area contributed by atoms with E-state index in [1.165, 1.54) is 32.2 Å². The molecule has 0 aromatic heterocycles. The van der Waals surface area contributed by atoms with Crippen molar-refractivity contribution in [2.45, 2.75) is 51.0 Å². The summed E-state index contributed by atoms with van der Waals surface area (Å²) in [5.41, 5.74) is 0. The van der Waals surface area contributed by atoms with Crippen LogP contribution >= 0.6 is 0 Å². The molecule has 1 unspecified atom stereocenters. The van der Waals surface area contributed by atoms with Crippen molar-refractivity contribution in [1.82, 2.24) is 4.90 Å². The zero-order valence-corrected chi connectivity index (χ0v) is 9.70. The number of likely N-dealkylation sites (tertiary alicyclic amines) is 1. The number of piperidine rings is 1. The van der Waals surface area contributed by atoms with Crippen LogP contribution in [0.4, 0.5) is 0 Å². The van der Waals surface area contributed by atoms with Crippen molar-refractivity contribution in [2.24, 2.45) is 0 Å². The Morgan fingerprint density at radius 3 is 2.60 bits per heavy atom. The number of unbranched alkanes of at least 4 members (excludes halogenated alkanes) is 2. The Hall–Kier alpha value is -0.120. The van der Waals surface area contributed by atoms with Crippen molar-refractivity contribution in [3.05, 3.63) is 0 Å². The second-order valence-corrected chi connectivity index (χ2v) is 4.48. The van der Waals surface area contributed by atoms with Gasteiger partial charge in [-0.3, -0.25) is 0 Å². The topological polar surface area (TPSA) is 43.7 Å². The molecule has 0 aromatic carbocycles. The highest BCUT2D eigenvalue weighted by Crippen LogP contribution is 2.19. The number of aliphatic hydroxyl groups is 2. The summed E-state index contributed by atoms with van der Waals surface area (Å²) in [4.78, 5) is 2.52. The summed E-state index contributed by atoms with van der Waals surface area (Å²) in [7, 11) is 0. The number of hydrogen-bond donors (Lipinski definition) is 2. The second kappa shape index (κ2) is 8.08. The van der Waals surface area contributed by atoms with Gasteiger partial charge in [-0.25, -0.2) is 0 Å². The minimum Gasteiger partial charge on any atom is -0.396 e. The first-order chi connectivity index (χ1) is 7.38. The van der Waals surface area contributed by atoms with Gasteiger partial charge >= 0.3 is 0 Å². The fraction of sp³-hybridized carbons (Fsp3) is 1.00. The van der Waals surface area contributed by atoms with Gasteiger partial charge in [0.1, 0.15) is 0 Å². The molecule has 0 amide bonds. The van der Waals surface area contributed by atoms with E-state index >= 15 is 0 Å². The lowest BCUT2D eigenvalue weighted by Crippen LogP contribution is -2.40. The maximum absolute atomic E-state index is 8.99. The first kappa shape index (κ1) is 12.9. The maximum atomic E-state index is 8.99. The summed E-state index contributed by atoms with van der Waals surface area (Å²) in [6, 6.07) is 0.609. The Balaban J connectivity index is 2.17. The van der Waals surface area contributed by atoms with Gasteiger partial charge in [0.2, 0.25) is 0 Å². The zero-order chi connectivity index (χ0) is 10.9. The summed E-state index contributed by atoms with van der Waals surface area (Å²) >= 11 is 0. The van der Waals surface area contributed by atoms with Crippen molar-refractivity contribution in [2.75, 3.05) is 26.3 Å². The quantitative estimate of drug-likeness (QED) is 0.631. The average molecular weight is 215 g/mol. The van der Waals surface area contributed by atoms with Crippen LogP contribution in [-0.2, 0) is 0 Å². The molecule has 0 bridgehead atoms. The van der Waals surface area contributed by atoms with Crippen LogP contribution in [0.1, 0.15) is 44.9 Å². The summed E-state index contributed by atoms with van der Waals surface area (Å²) in [5.74, 6) is 0. The molecule has 1 aliphatic rings. The van der Waals surface area contributed by atoms with Crippen LogP contribution in [0.5, 0.6) is 0 Å². The normalized spacial score (nSPS) is 23.2. The molecule has 0 radical (unpaired) electrons. The summed E-state index contributed by atoms with van der Waals surface area (Å²) < 4.78 is 0. The Morgan fingerprint density at radius 1 is 1.00 bits per heavy atom. The van der Waals surface area contributed by atoms with Crippen LogP contribution in [0.25, 0.3) is 0 Å². The SMILES string of the molecule is OCCCCCN1CCCCC1CCO. The first-order valence-corrected chi connectivity index (χ1v) is 6.34. The molecule has 2 N–H and O–H groups in total. The first-order valence-electron chi connectivity index (χ1n) is 6.34. The van der Waals surface area contributed by atoms with Crippen molar-refractivity contribution >= 4 is 0 Å². The lowest BCUT2D eigenvalue weighted by atomic mass is 9.99. The number of nitrogens with zero attached hydrogens (tertiary/aromatic N) is 1. The van der Waals surface area contributed by atoms with Crippen LogP contribution in [0.15, 0.2) is 0 Å². The van der Waals surface area contributed by atoms with Gasteiger partial charge in [0.05, 0.1) is 0 Å². The number of hydrogen-bond acceptors (Lipinski definition) is 3. The average Bonchev–Trinajstić information content (AvgIpc) is 2.27. The van der Waals surface area contributed by atoms with Gasteiger partial charge in [-0.05, 0) is 51.6 Å². The van der Waals surface area contributed by atoms with Crippen LogP contribution in [0.3, 0.4) is 0 Å². The van der Waals surface area contributed by atoms with Crippen LogP contribution in [0.2, 0.25) is 0 Å². The van der Waals surface area contributed by atoms with Crippen LogP contribution in [0, 0.1) is 0 Å². The molecule has 1 saturated heterocycles. The molecular weight excluding hydrogens is 190 g/mol.